The number of fused-ring (bicyclic) bond motifs is 2. The summed E-state index contributed by atoms with van der Waals surface area (Å²) in [4.78, 5) is 71.5. The molecule has 15 nitrogen and oxygen atoms in total. The van der Waals surface area contributed by atoms with Gasteiger partial charge in [-0.15, -0.1) is 0 Å². The minimum atomic E-state index is -0.702. The highest BCUT2D eigenvalue weighted by atomic mass is 16.2. The lowest BCUT2D eigenvalue weighted by molar-refractivity contribution is -0.135. The summed E-state index contributed by atoms with van der Waals surface area (Å²) < 4.78 is 5.30. The Hall–Kier alpha value is -5.73. The number of amides is 3. The molecule has 2 N–H and O–H groups in total. The first kappa shape index (κ1) is 34.1. The second-order valence-corrected chi connectivity index (χ2v) is 15.7. The first-order valence-electron chi connectivity index (χ1n) is 19.0. The molecule has 9 rings (SSSR count). The molecule has 54 heavy (non-hydrogen) atoms. The quantitative estimate of drug-likeness (QED) is 0.234. The van der Waals surface area contributed by atoms with Crippen LogP contribution in [0, 0.1) is 5.41 Å². The largest absolute Gasteiger partial charge is 0.370 e. The van der Waals surface area contributed by atoms with Crippen molar-refractivity contribution in [1.29, 1.82) is 0 Å². The average Bonchev–Trinajstić information content (AvgIpc) is 3.88. The normalized spacial score (nSPS) is 20.2. The van der Waals surface area contributed by atoms with Crippen LogP contribution in [0.25, 0.3) is 22.1 Å². The van der Waals surface area contributed by atoms with Crippen LogP contribution in [0.1, 0.15) is 73.9 Å². The molecule has 1 aliphatic carbocycles. The van der Waals surface area contributed by atoms with E-state index in [-0.39, 0.29) is 35.4 Å². The summed E-state index contributed by atoms with van der Waals surface area (Å²) in [5, 5.41) is 6.52. The second kappa shape index (κ2) is 13.0. The van der Waals surface area contributed by atoms with Crippen LogP contribution >= 0.6 is 0 Å². The number of aryl methyl sites for hydroxylation is 1. The van der Waals surface area contributed by atoms with E-state index in [0.29, 0.717) is 29.4 Å². The van der Waals surface area contributed by atoms with Crippen molar-refractivity contribution in [3.05, 3.63) is 65.0 Å². The Labute approximate surface area is 312 Å². The molecule has 7 heterocycles. The molecule has 1 saturated carbocycles. The Morgan fingerprint density at radius 1 is 0.944 bits per heavy atom. The predicted molar refractivity (Wildman–Crippen MR) is 205 cm³/mol. The van der Waals surface area contributed by atoms with Gasteiger partial charge < -0.3 is 24.6 Å². The molecule has 5 aromatic rings. The summed E-state index contributed by atoms with van der Waals surface area (Å²) in [5.41, 5.74) is 4.96. The Morgan fingerprint density at radius 2 is 1.72 bits per heavy atom. The molecule has 1 atom stereocenters. The Kier molecular flexibility index (Phi) is 8.19. The number of piperidine rings is 2. The number of hydrogen-bond acceptors (Lipinski definition) is 10. The maximum absolute atomic E-state index is 13.4. The van der Waals surface area contributed by atoms with Gasteiger partial charge in [-0.25, -0.2) is 14.8 Å². The zero-order valence-electron chi connectivity index (χ0n) is 30.9. The molecule has 15 heteroatoms. The van der Waals surface area contributed by atoms with Crippen molar-refractivity contribution in [2.24, 2.45) is 12.5 Å². The van der Waals surface area contributed by atoms with Gasteiger partial charge in [0.2, 0.25) is 17.8 Å². The van der Waals surface area contributed by atoms with Crippen molar-refractivity contribution in [1.82, 2.24) is 38.9 Å². The molecular formula is C39H45N11O4. The minimum absolute atomic E-state index is 0.0325. The van der Waals surface area contributed by atoms with Gasteiger partial charge in [-0.3, -0.25) is 28.8 Å². The van der Waals surface area contributed by atoms with Gasteiger partial charge >= 0.3 is 5.69 Å². The molecule has 1 aromatic carbocycles. The number of para-hydroxylation sites is 1. The van der Waals surface area contributed by atoms with Crippen LogP contribution in [0.2, 0.25) is 0 Å². The van der Waals surface area contributed by atoms with E-state index in [1.807, 2.05) is 30.5 Å². The second-order valence-electron chi connectivity index (χ2n) is 15.7. The number of hydrogen-bond donors (Lipinski definition) is 2. The molecule has 280 valence electrons. The van der Waals surface area contributed by atoms with Crippen molar-refractivity contribution in [3.63, 3.8) is 0 Å². The molecule has 3 amide bonds. The Bertz CT molecular complexity index is 2350. The number of aromatic nitrogens is 6. The first-order valence-corrected chi connectivity index (χ1v) is 19.0. The van der Waals surface area contributed by atoms with Gasteiger partial charge in [0, 0.05) is 76.8 Å². The number of carbonyl (C=O) groups is 3. The van der Waals surface area contributed by atoms with E-state index in [9.17, 15) is 19.2 Å². The Balaban J connectivity index is 0.858. The van der Waals surface area contributed by atoms with Gasteiger partial charge in [-0.1, -0.05) is 18.9 Å². The van der Waals surface area contributed by atoms with Gasteiger partial charge in [0.25, 0.3) is 5.91 Å². The lowest BCUT2D eigenvalue weighted by atomic mass is 9.71. The van der Waals surface area contributed by atoms with Gasteiger partial charge in [0.15, 0.2) is 0 Å². The van der Waals surface area contributed by atoms with E-state index in [1.54, 1.807) is 41.4 Å². The molecule has 4 aliphatic rings. The highest BCUT2D eigenvalue weighted by molar-refractivity contribution is 6.01. The average molecular weight is 732 g/mol. The number of nitrogens with one attached hydrogen (secondary N) is 2. The van der Waals surface area contributed by atoms with Gasteiger partial charge in [0.05, 0.1) is 28.6 Å². The zero-order chi connectivity index (χ0) is 37.3. The van der Waals surface area contributed by atoms with Crippen LogP contribution in [-0.2, 0) is 16.6 Å². The molecule has 1 spiro atoms. The SMILES string of the molecule is CN(C)C(=O)c1cc2cnc(Nc3ccc(N4CCC5(CC4)CN(c4cccc6c4n(C)c(=O)n6[C@@H]4CCC(=O)NC4=O)C5)cn3)nc2n1C1CCCC1. The molecule has 0 bridgehead atoms. The van der Waals surface area contributed by atoms with Gasteiger partial charge in [-0.2, -0.15) is 4.98 Å². The topological polar surface area (TPSA) is 156 Å². The third-order valence-electron chi connectivity index (χ3n) is 12.1. The molecule has 3 saturated heterocycles. The van der Waals surface area contributed by atoms with Crippen LogP contribution in [0.4, 0.5) is 23.1 Å². The van der Waals surface area contributed by atoms with E-state index >= 15 is 0 Å². The fraction of sp³-hybridized carbons (Fsp3) is 0.462. The number of imidazole rings is 1. The molecular weight excluding hydrogens is 687 g/mol. The standard InChI is InChI=1S/C39H45N11O4/c1-45(2)36(53)30-19-24-20-41-37(44-34(24)49(30)25-7-4-5-8-25)42-31-13-11-26(21-40-31)47-17-15-39(16-18-47)22-48(23-39)27-9-6-10-28-33(27)46(3)38(54)50(28)29-12-14-32(51)43-35(29)52/h6,9-11,13,19-21,25,29H,4-5,7-8,12,14-18,22-23H2,1-3H3,(H,43,51,52)(H,40,41,42,44)/t29-/m1/s1. The van der Waals surface area contributed by atoms with E-state index < -0.39 is 11.9 Å². The minimum Gasteiger partial charge on any atom is -0.370 e. The zero-order valence-corrected chi connectivity index (χ0v) is 30.9. The molecule has 4 aromatic heterocycles. The summed E-state index contributed by atoms with van der Waals surface area (Å²) in [6.45, 7) is 3.64. The van der Waals surface area contributed by atoms with E-state index in [2.05, 4.69) is 42.1 Å². The van der Waals surface area contributed by atoms with Crippen LogP contribution in [0.3, 0.4) is 0 Å². The number of imide groups is 1. The summed E-state index contributed by atoms with van der Waals surface area (Å²) >= 11 is 0. The maximum Gasteiger partial charge on any atom is 0.329 e. The lowest BCUT2D eigenvalue weighted by Gasteiger charge is -2.55. The number of carbonyl (C=O) groups excluding carboxylic acids is 3. The maximum atomic E-state index is 13.4. The molecule has 4 fully saturated rings. The molecule has 0 radical (unpaired) electrons. The third kappa shape index (κ3) is 5.67. The van der Waals surface area contributed by atoms with E-state index in [1.165, 1.54) is 0 Å². The lowest BCUT2D eigenvalue weighted by Crippen LogP contribution is -2.60. The highest BCUT2D eigenvalue weighted by Gasteiger charge is 2.46. The highest BCUT2D eigenvalue weighted by Crippen LogP contribution is 2.45. The number of rotatable bonds is 7. The van der Waals surface area contributed by atoms with Crippen molar-refractivity contribution in [3.8, 4) is 0 Å². The van der Waals surface area contributed by atoms with Crippen molar-refractivity contribution in [2.45, 2.75) is 63.5 Å². The fourth-order valence-electron chi connectivity index (χ4n) is 9.15. The van der Waals surface area contributed by atoms with Gasteiger partial charge in [-0.05, 0) is 62.4 Å². The van der Waals surface area contributed by atoms with Gasteiger partial charge in [0.1, 0.15) is 23.2 Å². The number of anilines is 4. The number of pyridine rings is 1. The van der Waals surface area contributed by atoms with Crippen LogP contribution in [0.5, 0.6) is 0 Å². The van der Waals surface area contributed by atoms with E-state index in [4.69, 9.17) is 9.97 Å². The van der Waals surface area contributed by atoms with E-state index in [0.717, 1.165) is 92.6 Å². The Morgan fingerprint density at radius 3 is 2.43 bits per heavy atom. The number of benzene rings is 1. The van der Waals surface area contributed by atoms with Crippen LogP contribution in [-0.4, -0.2) is 91.5 Å². The van der Waals surface area contributed by atoms with Crippen molar-refractivity contribution < 1.29 is 14.4 Å². The van der Waals surface area contributed by atoms with Crippen molar-refractivity contribution in [2.75, 3.05) is 55.4 Å². The summed E-state index contributed by atoms with van der Waals surface area (Å²) in [7, 11) is 5.31. The number of nitrogens with zero attached hydrogens (tertiary/aromatic N) is 9. The van der Waals surface area contributed by atoms with Crippen LogP contribution < -0.4 is 26.1 Å². The predicted octanol–water partition coefficient (Wildman–Crippen LogP) is 4.12. The van der Waals surface area contributed by atoms with Crippen LogP contribution in [0.15, 0.2) is 53.6 Å². The first-order chi connectivity index (χ1) is 26.1. The summed E-state index contributed by atoms with van der Waals surface area (Å²) in [6, 6.07) is 11.4. The summed E-state index contributed by atoms with van der Waals surface area (Å²) in [5.74, 6) is 0.344. The summed E-state index contributed by atoms with van der Waals surface area (Å²) in [6.07, 6.45) is 10.7. The molecule has 0 unspecified atom stereocenters. The van der Waals surface area contributed by atoms with Crippen molar-refractivity contribution >= 4 is 62.9 Å². The fourth-order valence-corrected chi connectivity index (χ4v) is 9.15. The smallest absolute Gasteiger partial charge is 0.329 e. The molecule has 3 aliphatic heterocycles. The third-order valence-corrected chi connectivity index (χ3v) is 12.1. The monoisotopic (exact) mass is 731 g/mol.